The van der Waals surface area contributed by atoms with Crippen LogP contribution in [0.4, 0.5) is 0 Å². The van der Waals surface area contributed by atoms with Crippen molar-refractivity contribution < 1.29 is 44.2 Å². The first-order valence-electron chi connectivity index (χ1n) is 26.6. The molecular formula is C61H94O9. The first-order chi connectivity index (χ1) is 34.4. The second-order valence-corrected chi connectivity index (χ2v) is 17.2. The van der Waals surface area contributed by atoms with Crippen molar-refractivity contribution in [3.8, 4) is 0 Å². The van der Waals surface area contributed by atoms with Gasteiger partial charge in [-0.05, 0) is 122 Å². The van der Waals surface area contributed by atoms with Crippen molar-refractivity contribution >= 4 is 5.97 Å². The van der Waals surface area contributed by atoms with Gasteiger partial charge in [0.05, 0.1) is 19.8 Å². The summed E-state index contributed by atoms with van der Waals surface area (Å²) >= 11 is 0. The molecule has 6 atom stereocenters. The summed E-state index contributed by atoms with van der Waals surface area (Å²) < 4.78 is 22.8. The van der Waals surface area contributed by atoms with Crippen molar-refractivity contribution in [2.45, 2.75) is 192 Å². The molecule has 1 rings (SSSR count). The normalized spacial score (nSPS) is 20.2. The number of esters is 1. The second kappa shape index (κ2) is 49.8. The highest BCUT2D eigenvalue weighted by Crippen LogP contribution is 2.22. The number of unbranched alkanes of at least 4 members (excludes halogenated alkanes) is 6. The van der Waals surface area contributed by atoms with E-state index in [4.69, 9.17) is 18.9 Å². The molecule has 0 aromatic carbocycles. The molecule has 1 saturated heterocycles. The topological polar surface area (TPSA) is 135 Å². The lowest BCUT2D eigenvalue weighted by molar-refractivity contribution is -0.305. The van der Waals surface area contributed by atoms with Crippen LogP contribution in [-0.2, 0) is 23.7 Å². The van der Waals surface area contributed by atoms with Gasteiger partial charge in [0.15, 0.2) is 6.29 Å². The van der Waals surface area contributed by atoms with Gasteiger partial charge in [0.2, 0.25) is 0 Å². The number of rotatable bonds is 43. The SMILES string of the molecule is CC/C=C\C/C=C\C/C=C\C/C=C\C/C=C\C/C=C\C/C=C\CCCCOCC(COC1OC(CO)C(O)C(O)C1O)OC(=O)CCCCCC/C=C\C/C=C\C/C=C\C/C=C\C/C=C\C/C=C\CC. The minimum Gasteiger partial charge on any atom is -0.457 e. The first-order valence-corrected chi connectivity index (χ1v) is 26.6. The Balaban J connectivity index is 2.29. The fraction of sp³-hybridized carbons (Fsp3) is 0.557. The Bertz CT molecular complexity index is 1620. The average Bonchev–Trinajstić information content (AvgIpc) is 3.36. The van der Waals surface area contributed by atoms with Gasteiger partial charge in [0.25, 0.3) is 0 Å². The molecule has 0 radical (unpaired) electrons. The predicted octanol–water partition coefficient (Wildman–Crippen LogP) is 13.6. The molecule has 9 heteroatoms. The smallest absolute Gasteiger partial charge is 0.306 e. The van der Waals surface area contributed by atoms with Crippen molar-refractivity contribution in [2.75, 3.05) is 26.4 Å². The third kappa shape index (κ3) is 39.5. The maximum absolute atomic E-state index is 12.9. The van der Waals surface area contributed by atoms with Crippen LogP contribution in [0.2, 0.25) is 0 Å². The molecule has 0 amide bonds. The fourth-order valence-corrected chi connectivity index (χ4v) is 6.88. The fourth-order valence-electron chi connectivity index (χ4n) is 6.88. The number of allylic oxidation sites excluding steroid dienone is 26. The third-order valence-electron chi connectivity index (χ3n) is 10.9. The number of hydrogen-bond acceptors (Lipinski definition) is 9. The molecule has 0 aromatic heterocycles. The summed E-state index contributed by atoms with van der Waals surface area (Å²) in [7, 11) is 0. The molecular weight excluding hydrogens is 877 g/mol. The lowest BCUT2D eigenvalue weighted by Gasteiger charge is -2.39. The van der Waals surface area contributed by atoms with E-state index in [1.54, 1.807) is 0 Å². The Hall–Kier alpha value is -4.19. The van der Waals surface area contributed by atoms with Gasteiger partial charge in [-0.1, -0.05) is 185 Å². The van der Waals surface area contributed by atoms with Crippen molar-refractivity contribution in [1.29, 1.82) is 0 Å². The summed E-state index contributed by atoms with van der Waals surface area (Å²) in [6, 6.07) is 0. The van der Waals surface area contributed by atoms with Crippen molar-refractivity contribution in [3.05, 3.63) is 158 Å². The Morgan fingerprint density at radius 1 is 0.457 bits per heavy atom. The van der Waals surface area contributed by atoms with E-state index < -0.39 is 43.4 Å². The number of aliphatic hydroxyl groups is 4. The van der Waals surface area contributed by atoms with E-state index in [9.17, 15) is 25.2 Å². The molecule has 70 heavy (non-hydrogen) atoms. The molecule has 0 spiro atoms. The number of aliphatic hydroxyl groups excluding tert-OH is 4. The average molecular weight is 971 g/mol. The molecule has 0 saturated carbocycles. The van der Waals surface area contributed by atoms with Crippen LogP contribution in [0.5, 0.6) is 0 Å². The molecule has 392 valence electrons. The molecule has 9 nitrogen and oxygen atoms in total. The quantitative estimate of drug-likeness (QED) is 0.0268. The van der Waals surface area contributed by atoms with E-state index >= 15 is 0 Å². The van der Waals surface area contributed by atoms with Gasteiger partial charge in [-0.25, -0.2) is 0 Å². The monoisotopic (exact) mass is 971 g/mol. The minimum atomic E-state index is -1.56. The van der Waals surface area contributed by atoms with E-state index in [1.165, 1.54) is 0 Å². The molecule has 0 aromatic rings. The molecule has 0 bridgehead atoms. The number of carbonyl (C=O) groups is 1. The number of hydrogen-bond donors (Lipinski definition) is 4. The molecule has 0 aliphatic carbocycles. The minimum absolute atomic E-state index is 0.0909. The van der Waals surface area contributed by atoms with Crippen LogP contribution in [0.3, 0.4) is 0 Å². The van der Waals surface area contributed by atoms with Crippen molar-refractivity contribution in [2.24, 2.45) is 0 Å². The van der Waals surface area contributed by atoms with E-state index in [2.05, 4.69) is 172 Å². The predicted molar refractivity (Wildman–Crippen MR) is 292 cm³/mol. The lowest BCUT2D eigenvalue weighted by Crippen LogP contribution is -2.59. The Morgan fingerprint density at radius 2 is 0.829 bits per heavy atom. The van der Waals surface area contributed by atoms with Crippen LogP contribution < -0.4 is 0 Å². The maximum Gasteiger partial charge on any atom is 0.306 e. The lowest BCUT2D eigenvalue weighted by atomic mass is 9.99. The number of ether oxygens (including phenoxy) is 4. The zero-order valence-electron chi connectivity index (χ0n) is 43.2. The third-order valence-corrected chi connectivity index (χ3v) is 10.9. The second-order valence-electron chi connectivity index (χ2n) is 17.2. The van der Waals surface area contributed by atoms with Gasteiger partial charge in [-0.15, -0.1) is 0 Å². The Labute approximate surface area is 424 Å². The van der Waals surface area contributed by atoms with Crippen LogP contribution in [0.15, 0.2) is 158 Å². The molecule has 1 fully saturated rings. The van der Waals surface area contributed by atoms with Gasteiger partial charge >= 0.3 is 5.97 Å². The zero-order chi connectivity index (χ0) is 50.6. The summed E-state index contributed by atoms with van der Waals surface area (Å²) in [5, 5.41) is 40.3. The van der Waals surface area contributed by atoms with Crippen molar-refractivity contribution in [1.82, 2.24) is 0 Å². The molecule has 6 unspecified atom stereocenters. The van der Waals surface area contributed by atoms with Crippen molar-refractivity contribution in [3.63, 3.8) is 0 Å². The Kier molecular flexibility index (Phi) is 45.4. The number of carbonyl (C=O) groups excluding carboxylic acids is 1. The van der Waals surface area contributed by atoms with Gasteiger partial charge in [-0.2, -0.15) is 0 Å². The molecule has 4 N–H and O–H groups in total. The van der Waals surface area contributed by atoms with E-state index in [0.717, 1.165) is 128 Å². The van der Waals surface area contributed by atoms with Crippen LogP contribution in [0, 0.1) is 0 Å². The van der Waals surface area contributed by atoms with Crippen LogP contribution in [0.1, 0.15) is 155 Å². The highest BCUT2D eigenvalue weighted by atomic mass is 16.7. The van der Waals surface area contributed by atoms with Crippen LogP contribution in [0.25, 0.3) is 0 Å². The molecule has 1 aliphatic heterocycles. The van der Waals surface area contributed by atoms with Gasteiger partial charge in [0.1, 0.15) is 30.5 Å². The van der Waals surface area contributed by atoms with Gasteiger partial charge in [0, 0.05) is 13.0 Å². The highest BCUT2D eigenvalue weighted by Gasteiger charge is 2.44. The van der Waals surface area contributed by atoms with Gasteiger partial charge < -0.3 is 39.4 Å². The van der Waals surface area contributed by atoms with E-state index in [0.29, 0.717) is 13.0 Å². The molecule has 1 heterocycles. The summed E-state index contributed by atoms with van der Waals surface area (Å²) in [5.74, 6) is -0.361. The highest BCUT2D eigenvalue weighted by molar-refractivity contribution is 5.69. The first kappa shape index (κ1) is 63.8. The zero-order valence-corrected chi connectivity index (χ0v) is 43.2. The van der Waals surface area contributed by atoms with E-state index in [1.807, 2.05) is 0 Å². The van der Waals surface area contributed by atoms with Crippen LogP contribution in [-0.4, -0.2) is 89.6 Å². The summed E-state index contributed by atoms with van der Waals surface area (Å²) in [6.07, 6.45) is 69.9. The standard InChI is InChI=1S/C61H94O9/c1-3-5-7-9-11-13-15-17-19-21-23-25-27-29-31-33-35-37-39-41-43-45-47-49-51-67-53-55(54-68-61-60(66)59(65)58(64)56(52-62)70-61)69-57(63)50-48-46-44-42-40-38-36-34-32-30-28-26-24-22-20-18-16-14-12-10-8-6-4-2/h5-8,11-14,17-20,23-26,29-32,35-38,41,43,55-56,58-62,64-66H,3-4,9-10,15-16,21-22,27-28,33-34,39-40,42,44-54H2,1-2H3/b7-5-,8-6-,13-11-,14-12-,19-17-,20-18-,25-23-,26-24-,31-29-,32-30-,37-35-,38-36-,43-41-. The maximum atomic E-state index is 12.9. The molecule has 1 aliphatic rings. The summed E-state index contributed by atoms with van der Waals surface area (Å²) in [4.78, 5) is 12.9. The Morgan fingerprint density at radius 3 is 1.23 bits per heavy atom. The largest absolute Gasteiger partial charge is 0.457 e. The summed E-state index contributed by atoms with van der Waals surface area (Å²) in [5.41, 5.74) is 0. The van der Waals surface area contributed by atoms with Gasteiger partial charge in [-0.3, -0.25) is 4.79 Å². The van der Waals surface area contributed by atoms with Crippen LogP contribution >= 0.6 is 0 Å². The summed E-state index contributed by atoms with van der Waals surface area (Å²) in [6.45, 7) is 4.15. The van der Waals surface area contributed by atoms with E-state index in [-0.39, 0.29) is 25.6 Å².